The van der Waals surface area contributed by atoms with E-state index in [2.05, 4.69) is 16.0 Å². The molecule has 9 heteroatoms. The van der Waals surface area contributed by atoms with Gasteiger partial charge in [-0.25, -0.2) is 9.36 Å². The fourth-order valence-electron chi connectivity index (χ4n) is 3.74. The summed E-state index contributed by atoms with van der Waals surface area (Å²) < 4.78 is 12.0. The second-order valence-electron chi connectivity index (χ2n) is 7.19. The maximum atomic E-state index is 13.5. The van der Waals surface area contributed by atoms with Crippen LogP contribution in [0.4, 0.5) is 0 Å². The first kappa shape index (κ1) is 20.5. The second-order valence-corrected chi connectivity index (χ2v) is 8.25. The van der Waals surface area contributed by atoms with Crippen molar-refractivity contribution in [2.75, 3.05) is 14.2 Å². The van der Waals surface area contributed by atoms with E-state index in [0.29, 0.717) is 48.8 Å². The average molecular weight is 456 g/mol. The molecule has 162 valence electrons. The van der Waals surface area contributed by atoms with Gasteiger partial charge in [0.05, 0.1) is 43.3 Å². The molecule has 0 fully saturated rings. The van der Waals surface area contributed by atoms with E-state index in [9.17, 15) is 14.9 Å². The first-order chi connectivity index (χ1) is 16.0. The molecule has 0 amide bonds. The fraction of sp³-hybridized carbons (Fsp3) is 0.0833. The monoisotopic (exact) mass is 456 g/mol. The number of nitrogens with one attached hydrogen (secondary N) is 1. The fourth-order valence-corrected chi connectivity index (χ4v) is 4.82. The Hall–Kier alpha value is -4.42. The number of nitrogens with zero attached hydrogens (tertiary/aromatic N) is 3. The molecule has 0 aliphatic rings. The number of nitriles is 1. The predicted molar refractivity (Wildman–Crippen MR) is 127 cm³/mol. The summed E-state index contributed by atoms with van der Waals surface area (Å²) in [6.07, 6.45) is 3.14. The summed E-state index contributed by atoms with van der Waals surface area (Å²) >= 11 is 1.20. The predicted octanol–water partition coefficient (Wildman–Crippen LogP) is 3.84. The SMILES string of the molecule is COc1ccc(C#N)c(-c2cc3[nH]c(=O)n(-c4cncc5ccc(OC)cc45)c(=O)c3s2)c1. The van der Waals surface area contributed by atoms with Crippen LogP contribution >= 0.6 is 11.3 Å². The molecule has 0 aliphatic heterocycles. The summed E-state index contributed by atoms with van der Waals surface area (Å²) in [4.78, 5) is 34.1. The van der Waals surface area contributed by atoms with Crippen molar-refractivity contribution in [1.29, 1.82) is 5.26 Å². The number of hydrogen-bond donors (Lipinski definition) is 1. The maximum absolute atomic E-state index is 13.5. The van der Waals surface area contributed by atoms with Crippen LogP contribution in [0.3, 0.4) is 0 Å². The lowest BCUT2D eigenvalue weighted by atomic mass is 10.1. The molecule has 3 aromatic heterocycles. The van der Waals surface area contributed by atoms with Crippen molar-refractivity contribution in [2.24, 2.45) is 0 Å². The largest absolute Gasteiger partial charge is 0.497 e. The summed E-state index contributed by atoms with van der Waals surface area (Å²) in [7, 11) is 3.09. The first-order valence-electron chi connectivity index (χ1n) is 9.83. The number of benzene rings is 2. The van der Waals surface area contributed by atoms with E-state index in [-0.39, 0.29) is 0 Å². The molecule has 0 aliphatic carbocycles. The molecule has 8 nitrogen and oxygen atoms in total. The summed E-state index contributed by atoms with van der Waals surface area (Å²) in [6.45, 7) is 0. The van der Waals surface area contributed by atoms with E-state index in [1.807, 2.05) is 6.07 Å². The van der Waals surface area contributed by atoms with Crippen molar-refractivity contribution in [1.82, 2.24) is 14.5 Å². The summed E-state index contributed by atoms with van der Waals surface area (Å²) in [5, 5.41) is 11.0. The Morgan fingerprint density at radius 3 is 2.55 bits per heavy atom. The van der Waals surface area contributed by atoms with Crippen LogP contribution in [0.2, 0.25) is 0 Å². The Morgan fingerprint density at radius 2 is 1.79 bits per heavy atom. The highest BCUT2D eigenvalue weighted by molar-refractivity contribution is 7.22. The Kier molecular flexibility index (Phi) is 4.92. The third-order valence-corrected chi connectivity index (χ3v) is 6.53. The summed E-state index contributed by atoms with van der Waals surface area (Å²) in [5.41, 5.74) is 0.771. The average Bonchev–Trinajstić information content (AvgIpc) is 3.27. The van der Waals surface area contributed by atoms with Gasteiger partial charge in [0.15, 0.2) is 0 Å². The van der Waals surface area contributed by atoms with E-state index in [0.717, 1.165) is 9.95 Å². The van der Waals surface area contributed by atoms with Gasteiger partial charge in [-0.3, -0.25) is 9.78 Å². The molecule has 0 radical (unpaired) electrons. The molecule has 0 saturated heterocycles. The van der Waals surface area contributed by atoms with Crippen molar-refractivity contribution in [3.8, 4) is 33.7 Å². The van der Waals surface area contributed by atoms with Crippen LogP contribution in [0.15, 0.2) is 64.4 Å². The number of rotatable bonds is 4. The van der Waals surface area contributed by atoms with Crippen LogP contribution in [-0.2, 0) is 0 Å². The Balaban J connectivity index is 1.77. The van der Waals surface area contributed by atoms with E-state index in [1.165, 1.54) is 17.5 Å². The Labute approximate surface area is 190 Å². The molecular formula is C24H16N4O4S. The number of H-pyrrole nitrogens is 1. The number of fused-ring (bicyclic) bond motifs is 2. The van der Waals surface area contributed by atoms with Gasteiger partial charge < -0.3 is 14.5 Å². The molecule has 3 heterocycles. The highest BCUT2D eigenvalue weighted by atomic mass is 32.1. The van der Waals surface area contributed by atoms with Crippen LogP contribution in [0.25, 0.3) is 37.1 Å². The quantitative estimate of drug-likeness (QED) is 0.440. The third-order valence-electron chi connectivity index (χ3n) is 5.37. The zero-order valence-electron chi connectivity index (χ0n) is 17.6. The number of methoxy groups -OCH3 is 2. The molecule has 0 atom stereocenters. The zero-order valence-corrected chi connectivity index (χ0v) is 18.4. The standard InChI is InChI=1S/C24H16N4O4S/c1-31-15-6-4-14-11-26-12-20(17(14)7-15)28-23(29)22-19(27-24(28)30)9-21(33-22)18-8-16(32-2)5-3-13(18)10-25/h3-9,11-12H,1-2H3,(H,27,30). The van der Waals surface area contributed by atoms with Gasteiger partial charge in [-0.05, 0) is 42.5 Å². The molecule has 5 rings (SSSR count). The van der Waals surface area contributed by atoms with Gasteiger partial charge in [-0.1, -0.05) is 0 Å². The minimum absolute atomic E-state index is 0.355. The topological polar surface area (TPSA) is 110 Å². The molecule has 0 bridgehead atoms. The van der Waals surface area contributed by atoms with Gasteiger partial charge in [-0.15, -0.1) is 11.3 Å². The molecule has 0 spiro atoms. The van der Waals surface area contributed by atoms with Gasteiger partial charge in [0.2, 0.25) is 0 Å². The zero-order chi connectivity index (χ0) is 23.1. The van der Waals surface area contributed by atoms with Crippen LogP contribution in [0, 0.1) is 11.3 Å². The molecule has 0 unspecified atom stereocenters. The van der Waals surface area contributed by atoms with Gasteiger partial charge >= 0.3 is 5.69 Å². The number of ether oxygens (including phenoxy) is 2. The highest BCUT2D eigenvalue weighted by Gasteiger charge is 2.17. The van der Waals surface area contributed by atoms with Crippen LogP contribution in [0.1, 0.15) is 5.56 Å². The first-order valence-corrected chi connectivity index (χ1v) is 10.6. The number of aromatic nitrogens is 3. The van der Waals surface area contributed by atoms with Crippen LogP contribution in [-0.4, -0.2) is 28.8 Å². The van der Waals surface area contributed by atoms with Crippen LogP contribution in [0.5, 0.6) is 11.5 Å². The van der Waals surface area contributed by atoms with E-state index in [4.69, 9.17) is 9.47 Å². The minimum atomic E-state index is -0.583. The molecule has 33 heavy (non-hydrogen) atoms. The molecule has 5 aromatic rings. The van der Waals surface area contributed by atoms with E-state index in [1.54, 1.807) is 56.8 Å². The van der Waals surface area contributed by atoms with Crippen molar-refractivity contribution in [3.05, 3.63) is 81.3 Å². The van der Waals surface area contributed by atoms with Gasteiger partial charge in [0.1, 0.15) is 16.2 Å². The second kappa shape index (κ2) is 7.93. The van der Waals surface area contributed by atoms with Gasteiger partial charge in [-0.2, -0.15) is 5.26 Å². The minimum Gasteiger partial charge on any atom is -0.497 e. The number of aromatic amines is 1. The van der Waals surface area contributed by atoms with Crippen molar-refractivity contribution in [3.63, 3.8) is 0 Å². The van der Waals surface area contributed by atoms with E-state index >= 15 is 0 Å². The van der Waals surface area contributed by atoms with Gasteiger partial charge in [0, 0.05) is 27.4 Å². The number of pyridine rings is 1. The Bertz CT molecular complexity index is 1710. The van der Waals surface area contributed by atoms with Crippen molar-refractivity contribution in [2.45, 2.75) is 0 Å². The molecule has 0 saturated carbocycles. The smallest absolute Gasteiger partial charge is 0.333 e. The molecule has 2 aromatic carbocycles. The lowest BCUT2D eigenvalue weighted by Crippen LogP contribution is -2.33. The number of hydrogen-bond acceptors (Lipinski definition) is 7. The molecular weight excluding hydrogens is 440 g/mol. The highest BCUT2D eigenvalue weighted by Crippen LogP contribution is 2.35. The Morgan fingerprint density at radius 1 is 1.03 bits per heavy atom. The number of thiophene rings is 1. The van der Waals surface area contributed by atoms with E-state index < -0.39 is 11.2 Å². The normalized spacial score (nSPS) is 10.9. The molecule has 1 N–H and O–H groups in total. The lowest BCUT2D eigenvalue weighted by molar-refractivity contribution is 0.415. The van der Waals surface area contributed by atoms with Crippen molar-refractivity contribution >= 4 is 32.3 Å². The maximum Gasteiger partial charge on any atom is 0.333 e. The van der Waals surface area contributed by atoms with Gasteiger partial charge in [0.25, 0.3) is 5.56 Å². The van der Waals surface area contributed by atoms with Crippen molar-refractivity contribution < 1.29 is 9.47 Å². The summed E-state index contributed by atoms with van der Waals surface area (Å²) in [5.74, 6) is 1.18. The van der Waals surface area contributed by atoms with Crippen LogP contribution < -0.4 is 20.7 Å². The lowest BCUT2D eigenvalue weighted by Gasteiger charge is -2.09. The third kappa shape index (κ3) is 3.33. The summed E-state index contributed by atoms with van der Waals surface area (Å²) in [6, 6.07) is 14.3.